The molecule has 0 aliphatic rings. The van der Waals surface area contributed by atoms with E-state index in [1.165, 1.54) is 75.1 Å². The minimum atomic E-state index is 0.682. The summed E-state index contributed by atoms with van der Waals surface area (Å²) in [4.78, 5) is 11.1. The largest absolute Gasteiger partial charge is 0.308 e. The fourth-order valence-corrected chi connectivity index (χ4v) is 10.3. The van der Waals surface area contributed by atoms with Crippen LogP contribution < -0.4 is 0 Å². The molecule has 0 amide bonds. The maximum absolute atomic E-state index is 5.60. The van der Waals surface area contributed by atoms with Gasteiger partial charge in [0.1, 0.15) is 0 Å². The summed E-state index contributed by atoms with van der Waals surface area (Å²) in [6.45, 7) is 0. The number of nitrogens with zero attached hydrogens (tertiary/aromatic N) is 4. The molecule has 5 heteroatoms. The van der Waals surface area contributed by atoms with Crippen LogP contribution in [-0.2, 0) is 0 Å². The van der Waals surface area contributed by atoms with Crippen LogP contribution in [0.1, 0.15) is 0 Å². The van der Waals surface area contributed by atoms with Crippen LogP contribution in [0.4, 0.5) is 0 Å². The molecule has 53 heavy (non-hydrogen) atoms. The lowest BCUT2D eigenvalue weighted by Gasteiger charge is -2.11. The molecule has 5 heterocycles. The Morgan fingerprint density at radius 1 is 0.434 bits per heavy atom. The molecular formula is C48H26N4S. The minimum absolute atomic E-state index is 0.682. The van der Waals surface area contributed by atoms with E-state index in [0.717, 1.165) is 37.9 Å². The number of hydrogen-bond donors (Lipinski definition) is 0. The minimum Gasteiger partial charge on any atom is -0.308 e. The quantitative estimate of drug-likeness (QED) is 0.181. The summed E-state index contributed by atoms with van der Waals surface area (Å²) in [5.41, 5.74) is 8.97. The second kappa shape index (κ2) is 9.94. The highest BCUT2D eigenvalue weighted by atomic mass is 32.1. The van der Waals surface area contributed by atoms with Gasteiger partial charge < -0.3 is 4.40 Å². The van der Waals surface area contributed by atoms with Crippen LogP contribution in [0.2, 0.25) is 0 Å². The van der Waals surface area contributed by atoms with Gasteiger partial charge in [0.05, 0.1) is 43.5 Å². The van der Waals surface area contributed by atoms with Crippen LogP contribution in [0.25, 0.3) is 119 Å². The van der Waals surface area contributed by atoms with E-state index in [-0.39, 0.29) is 0 Å². The molecule has 0 fully saturated rings. The number of fused-ring (bicyclic) bond motifs is 15. The van der Waals surface area contributed by atoms with Crippen molar-refractivity contribution in [3.63, 3.8) is 0 Å². The van der Waals surface area contributed by atoms with Gasteiger partial charge in [0.25, 0.3) is 0 Å². The van der Waals surface area contributed by atoms with Crippen molar-refractivity contribution in [3.8, 4) is 17.2 Å². The Labute approximate surface area is 305 Å². The summed E-state index contributed by atoms with van der Waals surface area (Å²) in [6, 6.07) is 57.4. The van der Waals surface area contributed by atoms with Gasteiger partial charge in [-0.15, -0.1) is 11.3 Å². The third-order valence-electron chi connectivity index (χ3n) is 11.4. The first-order valence-corrected chi connectivity index (χ1v) is 18.8. The zero-order valence-corrected chi connectivity index (χ0v) is 29.0. The van der Waals surface area contributed by atoms with E-state index >= 15 is 0 Å². The summed E-state index contributed by atoms with van der Waals surface area (Å²) in [5, 5.41) is 13.4. The van der Waals surface area contributed by atoms with E-state index in [1.807, 2.05) is 0 Å². The average Bonchev–Trinajstić information content (AvgIpc) is 3.94. The highest BCUT2D eigenvalue weighted by molar-refractivity contribution is 7.26. The predicted octanol–water partition coefficient (Wildman–Crippen LogP) is 13.1. The molecule has 0 N–H and O–H groups in total. The van der Waals surface area contributed by atoms with E-state index in [0.29, 0.717) is 5.95 Å². The second-order valence-electron chi connectivity index (χ2n) is 14.2. The lowest BCUT2D eigenvalue weighted by atomic mass is 10.0. The predicted molar refractivity (Wildman–Crippen MR) is 224 cm³/mol. The maximum Gasteiger partial charge on any atom is 0.235 e. The molecule has 8 aromatic carbocycles. The fraction of sp³-hybridized carbons (Fsp3) is 0. The molecule has 244 valence electrons. The lowest BCUT2D eigenvalue weighted by molar-refractivity contribution is 1.02. The van der Waals surface area contributed by atoms with Gasteiger partial charge in [0.2, 0.25) is 5.95 Å². The van der Waals surface area contributed by atoms with Crippen LogP contribution in [0.5, 0.6) is 0 Å². The number of benzene rings is 8. The molecule has 0 aliphatic carbocycles. The summed E-state index contributed by atoms with van der Waals surface area (Å²) in [7, 11) is 0. The highest BCUT2D eigenvalue weighted by Gasteiger charge is 2.26. The molecule has 0 saturated heterocycles. The molecule has 0 unspecified atom stereocenters. The molecule has 4 nitrogen and oxygen atoms in total. The van der Waals surface area contributed by atoms with Gasteiger partial charge >= 0.3 is 0 Å². The Bertz CT molecular complexity index is 3700. The zero-order chi connectivity index (χ0) is 34.4. The van der Waals surface area contributed by atoms with Gasteiger partial charge in [-0.3, -0.25) is 4.57 Å². The maximum atomic E-state index is 5.60. The summed E-state index contributed by atoms with van der Waals surface area (Å²) in [6.07, 6.45) is 0. The third kappa shape index (κ3) is 3.59. The van der Waals surface area contributed by atoms with Crippen molar-refractivity contribution in [3.05, 3.63) is 158 Å². The molecule has 5 aromatic heterocycles. The Kier molecular flexibility index (Phi) is 5.22. The lowest BCUT2D eigenvalue weighted by Crippen LogP contribution is -2.03. The average molecular weight is 691 g/mol. The molecular weight excluding hydrogens is 665 g/mol. The number of para-hydroxylation sites is 2. The molecule has 0 bridgehead atoms. The van der Waals surface area contributed by atoms with Gasteiger partial charge in [0, 0.05) is 48.0 Å². The van der Waals surface area contributed by atoms with Crippen LogP contribution in [0, 0.1) is 0 Å². The van der Waals surface area contributed by atoms with Crippen molar-refractivity contribution in [1.82, 2.24) is 18.9 Å². The van der Waals surface area contributed by atoms with E-state index < -0.39 is 0 Å². The first-order chi connectivity index (χ1) is 26.3. The molecule has 0 saturated carbocycles. The molecule has 0 radical (unpaired) electrons. The molecule has 0 spiro atoms. The standard InChI is InChI=1S/C48H26N4S/c1-2-12-28-23-31(22-21-27(28)11-1)44-47-45(34-17-7-10-20-41(34)53-47)50-48(49-44)52-39-25-30-14-4-3-13-29(30)24-36(39)42-40(52)26-35-32-15-5-8-18-37(32)51-38-19-9-6-16-33(38)43(42)46(35)51/h1-26H. The highest BCUT2D eigenvalue weighted by Crippen LogP contribution is 2.48. The number of hydrogen-bond acceptors (Lipinski definition) is 3. The first-order valence-electron chi connectivity index (χ1n) is 18.0. The Balaban J connectivity index is 1.26. The van der Waals surface area contributed by atoms with E-state index in [9.17, 15) is 0 Å². The third-order valence-corrected chi connectivity index (χ3v) is 12.6. The summed E-state index contributed by atoms with van der Waals surface area (Å²) >= 11 is 1.78. The monoisotopic (exact) mass is 690 g/mol. The van der Waals surface area contributed by atoms with Crippen molar-refractivity contribution >= 4 is 113 Å². The van der Waals surface area contributed by atoms with Crippen molar-refractivity contribution in [2.75, 3.05) is 0 Å². The van der Waals surface area contributed by atoms with Gasteiger partial charge in [-0.2, -0.15) is 0 Å². The zero-order valence-electron chi connectivity index (χ0n) is 28.2. The molecule has 0 aliphatic heterocycles. The number of thiophene rings is 1. The van der Waals surface area contributed by atoms with E-state index in [1.54, 1.807) is 11.3 Å². The fourth-order valence-electron chi connectivity index (χ4n) is 9.12. The van der Waals surface area contributed by atoms with E-state index in [2.05, 4.69) is 167 Å². The van der Waals surface area contributed by atoms with Crippen LogP contribution >= 0.6 is 11.3 Å². The topological polar surface area (TPSA) is 35.1 Å². The number of aromatic nitrogens is 4. The van der Waals surface area contributed by atoms with Crippen LogP contribution in [0.3, 0.4) is 0 Å². The summed E-state index contributed by atoms with van der Waals surface area (Å²) in [5.74, 6) is 0.682. The van der Waals surface area contributed by atoms with Crippen LogP contribution in [0.15, 0.2) is 158 Å². The first kappa shape index (κ1) is 27.8. The summed E-state index contributed by atoms with van der Waals surface area (Å²) < 4.78 is 7.13. The molecule has 13 rings (SSSR count). The van der Waals surface area contributed by atoms with Gasteiger partial charge in [-0.05, 0) is 64.0 Å². The van der Waals surface area contributed by atoms with Crippen molar-refractivity contribution in [2.24, 2.45) is 0 Å². The second-order valence-corrected chi connectivity index (χ2v) is 15.2. The van der Waals surface area contributed by atoms with Gasteiger partial charge in [-0.25, -0.2) is 9.97 Å². The Morgan fingerprint density at radius 3 is 1.92 bits per heavy atom. The van der Waals surface area contributed by atoms with Crippen molar-refractivity contribution < 1.29 is 0 Å². The SMILES string of the molecule is c1ccc2cc(-c3nc(-n4c5cc6ccccc6cc5c5c6c7ccccc7n7c8ccccc8c(cc54)c67)nc4c3sc3ccccc34)ccc2c1. The molecule has 0 atom stereocenters. The Morgan fingerprint density at radius 2 is 1.09 bits per heavy atom. The van der Waals surface area contributed by atoms with Crippen molar-refractivity contribution in [1.29, 1.82) is 0 Å². The van der Waals surface area contributed by atoms with Crippen LogP contribution in [-0.4, -0.2) is 18.9 Å². The number of rotatable bonds is 2. The van der Waals surface area contributed by atoms with Gasteiger partial charge in [-0.1, -0.05) is 115 Å². The Hall–Kier alpha value is -6.82. The molecule has 13 aromatic rings. The van der Waals surface area contributed by atoms with Crippen molar-refractivity contribution in [2.45, 2.75) is 0 Å². The normalized spacial score (nSPS) is 12.5. The van der Waals surface area contributed by atoms with E-state index in [4.69, 9.17) is 9.97 Å². The van der Waals surface area contributed by atoms with Gasteiger partial charge in [0.15, 0.2) is 0 Å². The smallest absolute Gasteiger partial charge is 0.235 e.